The van der Waals surface area contributed by atoms with Gasteiger partial charge in [-0.3, -0.25) is 4.68 Å². The minimum atomic E-state index is 0.395. The summed E-state index contributed by atoms with van der Waals surface area (Å²) in [5.41, 5.74) is 1.46. The van der Waals surface area contributed by atoms with Crippen molar-refractivity contribution in [1.82, 2.24) is 24.4 Å². The first-order valence-corrected chi connectivity index (χ1v) is 4.46. The number of nitrogens with zero attached hydrogens (tertiary/aromatic N) is 5. The Morgan fingerprint density at radius 3 is 3.07 bits per heavy atom. The third kappa shape index (κ3) is 0.871. The van der Waals surface area contributed by atoms with Crippen LogP contribution in [0.3, 0.4) is 0 Å². The molecule has 0 spiro atoms. The number of rotatable bonds is 0. The molecule has 0 fully saturated rings. The maximum Gasteiger partial charge on any atom is 0.178 e. The maximum absolute atomic E-state index is 5.97. The second kappa shape index (κ2) is 2.45. The summed E-state index contributed by atoms with van der Waals surface area (Å²) in [7, 11) is 1.84. The van der Waals surface area contributed by atoms with E-state index in [0.717, 1.165) is 11.0 Å². The third-order valence-corrected chi connectivity index (χ3v) is 2.34. The van der Waals surface area contributed by atoms with Crippen molar-refractivity contribution in [2.75, 3.05) is 0 Å². The van der Waals surface area contributed by atoms with E-state index in [4.69, 9.17) is 11.6 Å². The zero-order chi connectivity index (χ0) is 9.71. The standard InChI is InChI=1S/C8H6ClN5/c1-13-4-5-6(11-13)7(9)12-14-3-2-10-8(5)14/h2-4H,1H3. The van der Waals surface area contributed by atoms with Crippen LogP contribution in [0.1, 0.15) is 0 Å². The van der Waals surface area contributed by atoms with E-state index in [1.54, 1.807) is 21.6 Å². The van der Waals surface area contributed by atoms with E-state index in [1.807, 2.05) is 13.2 Å². The minimum absolute atomic E-state index is 0.395. The van der Waals surface area contributed by atoms with Gasteiger partial charge in [-0.05, 0) is 0 Å². The summed E-state index contributed by atoms with van der Waals surface area (Å²) in [6.07, 6.45) is 5.32. The van der Waals surface area contributed by atoms with Crippen molar-refractivity contribution >= 4 is 28.2 Å². The Balaban J connectivity index is 2.65. The van der Waals surface area contributed by atoms with Crippen LogP contribution in [0.4, 0.5) is 0 Å². The predicted molar refractivity (Wildman–Crippen MR) is 52.3 cm³/mol. The second-order valence-electron chi connectivity index (χ2n) is 3.05. The van der Waals surface area contributed by atoms with Gasteiger partial charge in [0.05, 0.1) is 5.39 Å². The highest BCUT2D eigenvalue weighted by atomic mass is 35.5. The normalized spacial score (nSPS) is 11.6. The molecule has 0 aliphatic rings. The molecule has 3 heterocycles. The van der Waals surface area contributed by atoms with Crippen molar-refractivity contribution in [3.8, 4) is 0 Å². The lowest BCUT2D eigenvalue weighted by atomic mass is 10.4. The van der Waals surface area contributed by atoms with Crippen LogP contribution in [0.15, 0.2) is 18.6 Å². The molecule has 0 unspecified atom stereocenters. The van der Waals surface area contributed by atoms with E-state index in [1.165, 1.54) is 0 Å². The molecule has 14 heavy (non-hydrogen) atoms. The summed E-state index contributed by atoms with van der Waals surface area (Å²) in [6.45, 7) is 0. The van der Waals surface area contributed by atoms with Crippen molar-refractivity contribution in [3.05, 3.63) is 23.7 Å². The van der Waals surface area contributed by atoms with Crippen LogP contribution < -0.4 is 0 Å². The fourth-order valence-corrected chi connectivity index (χ4v) is 1.74. The molecular formula is C8H6ClN5. The highest BCUT2D eigenvalue weighted by Gasteiger charge is 2.10. The van der Waals surface area contributed by atoms with Crippen LogP contribution in [0, 0.1) is 0 Å². The molecule has 0 amide bonds. The van der Waals surface area contributed by atoms with Gasteiger partial charge in [0.1, 0.15) is 5.52 Å². The molecule has 0 bridgehead atoms. The lowest BCUT2D eigenvalue weighted by Crippen LogP contribution is -1.91. The summed E-state index contributed by atoms with van der Waals surface area (Å²) >= 11 is 5.97. The number of fused-ring (bicyclic) bond motifs is 3. The van der Waals surface area contributed by atoms with E-state index >= 15 is 0 Å². The van der Waals surface area contributed by atoms with Crippen LogP contribution in [-0.4, -0.2) is 24.4 Å². The summed E-state index contributed by atoms with van der Waals surface area (Å²) in [5.74, 6) is 0. The molecule has 0 radical (unpaired) electrons. The highest BCUT2D eigenvalue weighted by molar-refractivity contribution is 6.34. The lowest BCUT2D eigenvalue weighted by molar-refractivity contribution is 0.779. The summed E-state index contributed by atoms with van der Waals surface area (Å²) in [5, 5.41) is 9.64. The molecule has 0 saturated carbocycles. The number of imidazole rings is 1. The van der Waals surface area contributed by atoms with Gasteiger partial charge in [-0.15, -0.1) is 0 Å². The average Bonchev–Trinajstić information content (AvgIpc) is 2.69. The van der Waals surface area contributed by atoms with Crippen LogP contribution >= 0.6 is 11.6 Å². The van der Waals surface area contributed by atoms with Crippen molar-refractivity contribution in [3.63, 3.8) is 0 Å². The zero-order valence-electron chi connectivity index (χ0n) is 7.35. The topological polar surface area (TPSA) is 48.0 Å². The predicted octanol–water partition coefficient (Wildman–Crippen LogP) is 1.27. The Morgan fingerprint density at radius 2 is 2.21 bits per heavy atom. The molecule has 3 rings (SSSR count). The number of aromatic nitrogens is 5. The maximum atomic E-state index is 5.97. The van der Waals surface area contributed by atoms with Gasteiger partial charge in [-0.1, -0.05) is 11.6 Å². The number of hydrogen-bond donors (Lipinski definition) is 0. The molecular weight excluding hydrogens is 202 g/mol. The van der Waals surface area contributed by atoms with Crippen LogP contribution in [0.25, 0.3) is 16.6 Å². The molecule has 0 aromatic carbocycles. The van der Waals surface area contributed by atoms with Crippen LogP contribution in [0.5, 0.6) is 0 Å². The quantitative estimate of drug-likeness (QED) is 0.558. The number of aryl methyl sites for hydroxylation is 1. The van der Waals surface area contributed by atoms with E-state index in [0.29, 0.717) is 10.7 Å². The van der Waals surface area contributed by atoms with Gasteiger partial charge in [0, 0.05) is 25.6 Å². The number of halogens is 1. The minimum Gasteiger partial charge on any atom is -0.274 e. The first-order valence-electron chi connectivity index (χ1n) is 4.08. The van der Waals surface area contributed by atoms with Gasteiger partial charge in [-0.25, -0.2) is 9.50 Å². The molecule has 70 valence electrons. The average molecular weight is 208 g/mol. The molecule has 3 aromatic rings. The van der Waals surface area contributed by atoms with Crippen molar-refractivity contribution in [1.29, 1.82) is 0 Å². The summed E-state index contributed by atoms with van der Waals surface area (Å²) in [6, 6.07) is 0. The van der Waals surface area contributed by atoms with E-state index in [-0.39, 0.29) is 0 Å². The molecule has 3 aromatic heterocycles. The van der Waals surface area contributed by atoms with E-state index in [9.17, 15) is 0 Å². The van der Waals surface area contributed by atoms with E-state index in [2.05, 4.69) is 15.2 Å². The summed E-state index contributed by atoms with van der Waals surface area (Å²) in [4.78, 5) is 4.19. The lowest BCUT2D eigenvalue weighted by Gasteiger charge is -1.94. The fourth-order valence-electron chi connectivity index (χ4n) is 1.52. The zero-order valence-corrected chi connectivity index (χ0v) is 8.10. The Morgan fingerprint density at radius 1 is 1.36 bits per heavy atom. The number of hydrogen-bond acceptors (Lipinski definition) is 3. The van der Waals surface area contributed by atoms with Gasteiger partial charge in [0.25, 0.3) is 0 Å². The molecule has 0 aliphatic carbocycles. The first kappa shape index (κ1) is 7.75. The van der Waals surface area contributed by atoms with Gasteiger partial charge in [0.2, 0.25) is 0 Å². The third-order valence-electron chi connectivity index (χ3n) is 2.08. The van der Waals surface area contributed by atoms with Gasteiger partial charge in [-0.2, -0.15) is 10.2 Å². The van der Waals surface area contributed by atoms with Crippen molar-refractivity contribution in [2.45, 2.75) is 0 Å². The highest BCUT2D eigenvalue weighted by Crippen LogP contribution is 2.22. The van der Waals surface area contributed by atoms with Crippen molar-refractivity contribution < 1.29 is 0 Å². The van der Waals surface area contributed by atoms with Gasteiger partial charge >= 0.3 is 0 Å². The molecule has 0 atom stereocenters. The molecule has 6 heteroatoms. The fraction of sp³-hybridized carbons (Fsp3) is 0.125. The first-order chi connectivity index (χ1) is 6.75. The molecule has 5 nitrogen and oxygen atoms in total. The monoisotopic (exact) mass is 207 g/mol. The van der Waals surface area contributed by atoms with Gasteiger partial charge < -0.3 is 0 Å². The van der Waals surface area contributed by atoms with Crippen LogP contribution in [-0.2, 0) is 7.05 Å². The van der Waals surface area contributed by atoms with E-state index < -0.39 is 0 Å². The molecule has 0 saturated heterocycles. The largest absolute Gasteiger partial charge is 0.274 e. The second-order valence-corrected chi connectivity index (χ2v) is 3.41. The van der Waals surface area contributed by atoms with Gasteiger partial charge in [0.15, 0.2) is 10.8 Å². The summed E-state index contributed by atoms with van der Waals surface area (Å²) < 4.78 is 3.35. The Kier molecular flexibility index (Phi) is 1.36. The molecule has 0 aliphatic heterocycles. The Labute approximate surface area is 83.9 Å². The smallest absolute Gasteiger partial charge is 0.178 e. The Hall–Kier alpha value is -1.62. The van der Waals surface area contributed by atoms with Crippen molar-refractivity contribution in [2.24, 2.45) is 7.05 Å². The SMILES string of the molecule is Cn1cc2c(n1)c(Cl)nn1ccnc21. The Bertz CT molecular complexity index is 623. The molecule has 0 N–H and O–H groups in total. The van der Waals surface area contributed by atoms with Crippen LogP contribution in [0.2, 0.25) is 5.15 Å².